The third-order valence-corrected chi connectivity index (χ3v) is 4.74. The van der Waals surface area contributed by atoms with Gasteiger partial charge in [0.25, 0.3) is 0 Å². The highest BCUT2D eigenvalue weighted by Gasteiger charge is 2.34. The first-order valence-electron chi connectivity index (χ1n) is 6.75. The molecule has 0 aliphatic heterocycles. The van der Waals surface area contributed by atoms with E-state index in [1.807, 2.05) is 4.72 Å². The molecule has 0 unspecified atom stereocenters. The van der Waals surface area contributed by atoms with E-state index in [9.17, 15) is 26.4 Å². The molecule has 1 amide bonds. The summed E-state index contributed by atoms with van der Waals surface area (Å²) in [6.07, 6.45) is -3.40. The first-order chi connectivity index (χ1) is 11.6. The van der Waals surface area contributed by atoms with Crippen molar-refractivity contribution in [3.8, 4) is 0 Å². The van der Waals surface area contributed by atoms with Gasteiger partial charge in [-0.2, -0.15) is 13.2 Å². The summed E-state index contributed by atoms with van der Waals surface area (Å²) in [5.41, 5.74) is -1.28. The van der Waals surface area contributed by atoms with Crippen molar-refractivity contribution in [2.45, 2.75) is 17.6 Å². The number of rotatable bonds is 6. The lowest BCUT2D eigenvalue weighted by Gasteiger charge is -2.12. The molecule has 0 bridgehead atoms. The third-order valence-electron chi connectivity index (χ3n) is 3.02. The highest BCUT2D eigenvalue weighted by molar-refractivity contribution is 7.89. The van der Waals surface area contributed by atoms with Crippen LogP contribution in [0.25, 0.3) is 0 Å². The molecule has 0 radical (unpaired) electrons. The lowest BCUT2D eigenvalue weighted by molar-refractivity contribution is -0.137. The zero-order chi connectivity index (χ0) is 18.7. The molecule has 0 atom stereocenters. The van der Waals surface area contributed by atoms with Crippen LogP contribution in [0.2, 0.25) is 5.02 Å². The number of sulfonamides is 1. The van der Waals surface area contributed by atoms with Gasteiger partial charge in [-0.1, -0.05) is 11.6 Å². The van der Waals surface area contributed by atoms with Crippen LogP contribution in [-0.2, 0) is 27.5 Å². The molecule has 2 N–H and O–H groups in total. The second-order valence-corrected chi connectivity index (χ2v) is 6.99. The Labute approximate surface area is 146 Å². The number of amides is 1. The number of nitrogens with one attached hydrogen (secondary N) is 2. The molecule has 6 nitrogen and oxygen atoms in total. The Bertz CT molecular complexity index is 851. The summed E-state index contributed by atoms with van der Waals surface area (Å²) in [7, 11) is -4.32. The van der Waals surface area contributed by atoms with Gasteiger partial charge in [-0.15, -0.1) is 0 Å². The molecule has 1 aromatic carbocycles. The van der Waals surface area contributed by atoms with E-state index in [0.717, 1.165) is 12.1 Å². The molecule has 2 aromatic rings. The summed E-state index contributed by atoms with van der Waals surface area (Å²) in [6, 6.07) is 5.38. The second kappa shape index (κ2) is 7.46. The zero-order valence-corrected chi connectivity index (χ0v) is 14.0. The average molecular weight is 397 g/mol. The van der Waals surface area contributed by atoms with Gasteiger partial charge in [0.15, 0.2) is 0 Å². The van der Waals surface area contributed by atoms with E-state index in [1.165, 1.54) is 6.26 Å². The summed E-state index contributed by atoms with van der Waals surface area (Å²) < 4.78 is 69.4. The van der Waals surface area contributed by atoms with E-state index < -0.39 is 44.1 Å². The van der Waals surface area contributed by atoms with Crippen molar-refractivity contribution in [2.24, 2.45) is 0 Å². The molecule has 1 heterocycles. The Morgan fingerprint density at radius 2 is 1.96 bits per heavy atom. The minimum Gasteiger partial charge on any atom is -0.467 e. The van der Waals surface area contributed by atoms with Crippen molar-refractivity contribution >= 4 is 27.5 Å². The summed E-state index contributed by atoms with van der Waals surface area (Å²) in [6.45, 7) is -0.597. The Morgan fingerprint density at radius 1 is 1.24 bits per heavy atom. The van der Waals surface area contributed by atoms with Crippen molar-refractivity contribution in [3.05, 3.63) is 52.9 Å². The zero-order valence-electron chi connectivity index (χ0n) is 12.4. The quantitative estimate of drug-likeness (QED) is 0.785. The van der Waals surface area contributed by atoms with E-state index in [0.29, 0.717) is 11.8 Å². The molecule has 0 spiro atoms. The van der Waals surface area contributed by atoms with Gasteiger partial charge in [-0.3, -0.25) is 4.79 Å². The van der Waals surface area contributed by atoms with Gasteiger partial charge in [-0.05, 0) is 30.3 Å². The SMILES string of the molecule is O=C(CNS(=O)(=O)c1ccc(Cl)c(C(F)(F)F)c1)NCc1ccco1. The van der Waals surface area contributed by atoms with Crippen LogP contribution in [0.3, 0.4) is 0 Å². The molecule has 25 heavy (non-hydrogen) atoms. The minimum atomic E-state index is -4.80. The molecule has 136 valence electrons. The maximum atomic E-state index is 12.8. The number of benzene rings is 1. The minimum absolute atomic E-state index is 0.0483. The first-order valence-corrected chi connectivity index (χ1v) is 8.61. The predicted octanol–water partition coefficient (Wildman–Crippen LogP) is 2.55. The number of alkyl halides is 3. The summed E-state index contributed by atoms with van der Waals surface area (Å²) in [4.78, 5) is 11.0. The van der Waals surface area contributed by atoms with Gasteiger partial charge in [0, 0.05) is 0 Å². The van der Waals surface area contributed by atoms with E-state index in [-0.39, 0.29) is 6.54 Å². The van der Waals surface area contributed by atoms with Crippen molar-refractivity contribution in [1.29, 1.82) is 0 Å². The second-order valence-electron chi connectivity index (χ2n) is 4.82. The maximum Gasteiger partial charge on any atom is 0.417 e. The van der Waals surface area contributed by atoms with Crippen LogP contribution in [-0.4, -0.2) is 20.9 Å². The van der Waals surface area contributed by atoms with Crippen LogP contribution in [0.15, 0.2) is 45.9 Å². The van der Waals surface area contributed by atoms with Gasteiger partial charge in [-0.25, -0.2) is 13.1 Å². The third kappa shape index (κ3) is 5.21. The summed E-state index contributed by atoms with van der Waals surface area (Å²) in [5.74, 6) is -0.214. The van der Waals surface area contributed by atoms with Crippen LogP contribution in [0.5, 0.6) is 0 Å². The number of carbonyl (C=O) groups excluding carboxylic acids is 1. The van der Waals surface area contributed by atoms with Crippen molar-refractivity contribution in [3.63, 3.8) is 0 Å². The van der Waals surface area contributed by atoms with Crippen molar-refractivity contribution < 1.29 is 30.8 Å². The van der Waals surface area contributed by atoms with E-state index in [1.54, 1.807) is 12.1 Å². The summed E-state index contributed by atoms with van der Waals surface area (Å²) >= 11 is 5.44. The van der Waals surface area contributed by atoms with E-state index >= 15 is 0 Å². The molecule has 0 saturated carbocycles. The van der Waals surface area contributed by atoms with Crippen LogP contribution in [0, 0.1) is 0 Å². The molecule has 0 aliphatic carbocycles. The molecule has 2 rings (SSSR count). The van der Waals surface area contributed by atoms with E-state index in [2.05, 4.69) is 5.32 Å². The molecular formula is C14H12ClF3N2O4S. The predicted molar refractivity (Wildman–Crippen MR) is 82.2 cm³/mol. The van der Waals surface area contributed by atoms with Crippen molar-refractivity contribution in [2.75, 3.05) is 6.54 Å². The normalized spacial score (nSPS) is 12.2. The fraction of sp³-hybridized carbons (Fsp3) is 0.214. The molecular weight excluding hydrogens is 385 g/mol. The molecule has 1 aromatic heterocycles. The Morgan fingerprint density at radius 3 is 2.56 bits per heavy atom. The Balaban J connectivity index is 2.02. The Kier molecular flexibility index (Phi) is 5.76. The largest absolute Gasteiger partial charge is 0.467 e. The fourth-order valence-corrected chi connectivity index (χ4v) is 3.03. The van der Waals surface area contributed by atoms with Crippen LogP contribution >= 0.6 is 11.6 Å². The monoisotopic (exact) mass is 396 g/mol. The van der Waals surface area contributed by atoms with Crippen molar-refractivity contribution in [1.82, 2.24) is 10.0 Å². The number of hydrogen-bond donors (Lipinski definition) is 2. The number of hydrogen-bond acceptors (Lipinski definition) is 4. The number of halogens is 4. The number of furan rings is 1. The smallest absolute Gasteiger partial charge is 0.417 e. The van der Waals surface area contributed by atoms with Gasteiger partial charge in [0.2, 0.25) is 15.9 Å². The maximum absolute atomic E-state index is 12.8. The van der Waals surface area contributed by atoms with E-state index in [4.69, 9.17) is 16.0 Å². The molecule has 0 fully saturated rings. The highest BCUT2D eigenvalue weighted by atomic mass is 35.5. The lowest BCUT2D eigenvalue weighted by atomic mass is 10.2. The molecule has 0 saturated heterocycles. The van der Waals surface area contributed by atoms with Gasteiger partial charge < -0.3 is 9.73 Å². The topological polar surface area (TPSA) is 88.4 Å². The standard InChI is InChI=1S/C14H12ClF3N2O4S/c15-12-4-3-10(6-11(12)14(16,17)18)25(22,23)20-8-13(21)19-7-9-2-1-5-24-9/h1-6,20H,7-8H2,(H,19,21). The lowest BCUT2D eigenvalue weighted by Crippen LogP contribution is -2.36. The molecule has 0 aliphatic rings. The van der Waals surface area contributed by atoms with Crippen LogP contribution in [0.1, 0.15) is 11.3 Å². The Hall–Kier alpha value is -2.04. The first kappa shape index (κ1) is 19.3. The van der Waals surface area contributed by atoms with Gasteiger partial charge in [0.1, 0.15) is 5.76 Å². The van der Waals surface area contributed by atoms with Crippen LogP contribution in [0.4, 0.5) is 13.2 Å². The van der Waals surface area contributed by atoms with Crippen LogP contribution < -0.4 is 10.0 Å². The number of carbonyl (C=O) groups is 1. The summed E-state index contributed by atoms with van der Waals surface area (Å²) in [5, 5.41) is 1.77. The fourth-order valence-electron chi connectivity index (χ4n) is 1.79. The average Bonchev–Trinajstić information content (AvgIpc) is 3.03. The highest BCUT2D eigenvalue weighted by Crippen LogP contribution is 2.35. The van der Waals surface area contributed by atoms with Gasteiger partial charge in [0.05, 0.1) is 34.8 Å². The van der Waals surface area contributed by atoms with Gasteiger partial charge >= 0.3 is 6.18 Å². The molecule has 11 heteroatoms.